The van der Waals surface area contributed by atoms with Gasteiger partial charge in [-0.25, -0.2) is 0 Å². The Kier molecular flexibility index (Phi) is 5.71. The molecule has 21 heavy (non-hydrogen) atoms. The second kappa shape index (κ2) is 7.32. The first-order valence-electron chi connectivity index (χ1n) is 6.36. The highest BCUT2D eigenvalue weighted by Gasteiger charge is 2.14. The van der Waals surface area contributed by atoms with E-state index in [9.17, 15) is 0 Å². The molecule has 6 nitrogen and oxygen atoms in total. The maximum absolute atomic E-state index is 4.40. The van der Waals surface area contributed by atoms with E-state index in [1.54, 1.807) is 18.8 Å². The van der Waals surface area contributed by atoms with Crippen molar-refractivity contribution in [2.45, 2.75) is 6.92 Å². The van der Waals surface area contributed by atoms with Crippen LogP contribution >= 0.6 is 32.8 Å². The number of azo groups is 1. The number of aliphatic imine (C=N–C) groups is 1. The Bertz CT molecular complexity index is 611. The van der Waals surface area contributed by atoms with Gasteiger partial charge in [0.05, 0.1) is 5.69 Å². The summed E-state index contributed by atoms with van der Waals surface area (Å²) in [5, 5.41) is 9.61. The minimum atomic E-state index is -0.318. The number of thioether (sulfide) groups is 1. The van der Waals surface area contributed by atoms with Crippen molar-refractivity contribution in [3.63, 3.8) is 0 Å². The van der Waals surface area contributed by atoms with Gasteiger partial charge in [0.25, 0.3) is 0 Å². The van der Waals surface area contributed by atoms with E-state index in [2.05, 4.69) is 44.6 Å². The molecule has 0 atom stereocenters. The van der Waals surface area contributed by atoms with E-state index in [4.69, 9.17) is 0 Å². The van der Waals surface area contributed by atoms with Gasteiger partial charge in [-0.3, -0.25) is 10.4 Å². The lowest BCUT2D eigenvalue weighted by atomic mass is 10.1. The zero-order chi connectivity index (χ0) is 15.4. The summed E-state index contributed by atoms with van der Waals surface area (Å²) < 4.78 is 3.08. The molecule has 1 aliphatic rings. The predicted molar refractivity (Wildman–Crippen MR) is 101 cm³/mol. The topological polar surface area (TPSA) is 55.6 Å². The van der Waals surface area contributed by atoms with Crippen LogP contribution in [0.2, 0.25) is 0 Å². The molecule has 0 aliphatic carbocycles. The lowest BCUT2D eigenvalue weighted by molar-refractivity contribution is 0.567. The van der Waals surface area contributed by atoms with Gasteiger partial charge >= 0.3 is 0 Å². The van der Waals surface area contributed by atoms with E-state index >= 15 is 0 Å². The van der Waals surface area contributed by atoms with Crippen LogP contribution in [0.25, 0.3) is 0 Å². The molecular formula is C13H19IN6S. The molecular weight excluding hydrogens is 399 g/mol. The van der Waals surface area contributed by atoms with Gasteiger partial charge in [-0.15, -0.1) is 10.2 Å². The molecule has 1 N–H and O–H groups in total. The smallest absolute Gasteiger partial charge is 0.178 e. The Labute approximate surface area is 139 Å². The van der Waals surface area contributed by atoms with E-state index in [0.717, 1.165) is 13.8 Å². The molecule has 0 saturated carbocycles. The van der Waals surface area contributed by atoms with Crippen molar-refractivity contribution in [2.75, 3.05) is 33.1 Å². The van der Waals surface area contributed by atoms with Gasteiger partial charge in [0.1, 0.15) is 0 Å². The Morgan fingerprint density at radius 3 is 2.67 bits per heavy atom. The van der Waals surface area contributed by atoms with E-state index in [1.165, 1.54) is 11.3 Å². The lowest BCUT2D eigenvalue weighted by Gasteiger charge is -2.20. The fourth-order valence-electron chi connectivity index (χ4n) is 1.81. The molecule has 0 spiro atoms. The summed E-state index contributed by atoms with van der Waals surface area (Å²) >= 11 is 1.24. The monoisotopic (exact) mass is 418 g/mol. The third-order valence-corrected chi connectivity index (χ3v) is 6.17. The van der Waals surface area contributed by atoms with Gasteiger partial charge in [-0.05, 0) is 42.4 Å². The molecule has 1 aromatic carbocycles. The SMILES string of the molecule is CN=C1NN(C)I=C(N=Nc2ccc(N(C)C)c(C)c2)S1. The summed E-state index contributed by atoms with van der Waals surface area (Å²) in [7, 11) is 7.85. The summed E-state index contributed by atoms with van der Waals surface area (Å²) in [4.78, 5) is 6.26. The Balaban J connectivity index is 2.16. The number of hydrogen-bond donors (Lipinski definition) is 1. The summed E-state index contributed by atoms with van der Waals surface area (Å²) in [6.45, 7) is 2.09. The third kappa shape index (κ3) is 4.48. The molecule has 0 radical (unpaired) electrons. The number of halogens is 1. The Morgan fingerprint density at radius 2 is 2.05 bits per heavy atom. The highest BCUT2D eigenvalue weighted by Crippen LogP contribution is 2.26. The first-order chi connectivity index (χ1) is 9.99. The summed E-state index contributed by atoms with van der Waals surface area (Å²) in [5.41, 5.74) is 6.47. The van der Waals surface area contributed by atoms with Crippen molar-refractivity contribution in [3.05, 3.63) is 23.8 Å². The third-order valence-electron chi connectivity index (χ3n) is 2.74. The van der Waals surface area contributed by atoms with Gasteiger partial charge in [-0.1, -0.05) is 0 Å². The molecule has 0 amide bonds. The van der Waals surface area contributed by atoms with Crippen LogP contribution in [0.15, 0.2) is 33.4 Å². The zero-order valence-electron chi connectivity index (χ0n) is 12.8. The van der Waals surface area contributed by atoms with Crippen LogP contribution in [-0.2, 0) is 0 Å². The van der Waals surface area contributed by atoms with E-state index in [1.807, 2.05) is 30.4 Å². The van der Waals surface area contributed by atoms with Crippen LogP contribution in [0.5, 0.6) is 0 Å². The van der Waals surface area contributed by atoms with Crippen molar-refractivity contribution in [3.8, 4) is 0 Å². The quantitative estimate of drug-likeness (QED) is 0.465. The Morgan fingerprint density at radius 1 is 1.29 bits per heavy atom. The molecule has 0 bridgehead atoms. The first kappa shape index (κ1) is 16.4. The van der Waals surface area contributed by atoms with Crippen LogP contribution in [0.4, 0.5) is 11.4 Å². The van der Waals surface area contributed by atoms with Crippen LogP contribution in [-0.4, -0.2) is 39.5 Å². The van der Waals surface area contributed by atoms with Gasteiger partial charge < -0.3 is 4.90 Å². The van der Waals surface area contributed by atoms with E-state index < -0.39 is 0 Å². The number of aryl methyl sites for hydroxylation is 1. The number of nitrogens with zero attached hydrogens (tertiary/aromatic N) is 5. The van der Waals surface area contributed by atoms with Gasteiger partial charge in [0.2, 0.25) is 0 Å². The van der Waals surface area contributed by atoms with Crippen LogP contribution in [0.3, 0.4) is 0 Å². The summed E-state index contributed by atoms with van der Waals surface area (Å²) in [5.74, 6) is 0. The summed E-state index contributed by atoms with van der Waals surface area (Å²) in [6, 6.07) is 6.13. The second-order valence-electron chi connectivity index (χ2n) is 4.62. The maximum Gasteiger partial charge on any atom is 0.178 e. The first-order valence-corrected chi connectivity index (χ1v) is 9.22. The molecule has 114 valence electrons. The van der Waals surface area contributed by atoms with Gasteiger partial charge in [0, 0.05) is 54.9 Å². The number of amidine groups is 1. The van der Waals surface area contributed by atoms with Gasteiger partial charge in [0.15, 0.2) is 8.13 Å². The van der Waals surface area contributed by atoms with E-state index in [0.29, 0.717) is 0 Å². The van der Waals surface area contributed by atoms with Gasteiger partial charge in [-0.2, -0.15) is 3.22 Å². The average Bonchev–Trinajstić information content (AvgIpc) is 2.44. The minimum absolute atomic E-state index is 0.318. The molecule has 0 saturated heterocycles. The lowest BCUT2D eigenvalue weighted by Crippen LogP contribution is -2.34. The zero-order valence-corrected chi connectivity index (χ0v) is 15.7. The molecule has 2 rings (SSSR count). The average molecular weight is 418 g/mol. The second-order valence-corrected chi connectivity index (χ2v) is 9.28. The number of hydrogen-bond acceptors (Lipinski definition) is 6. The minimum Gasteiger partial charge on any atom is -0.377 e. The Hall–Kier alpha value is -1.00. The van der Waals surface area contributed by atoms with E-state index in [-0.39, 0.29) is 21.0 Å². The molecule has 8 heteroatoms. The van der Waals surface area contributed by atoms with Crippen molar-refractivity contribution < 1.29 is 0 Å². The fourth-order valence-corrected chi connectivity index (χ4v) is 5.32. The predicted octanol–water partition coefficient (Wildman–Crippen LogP) is 3.29. The van der Waals surface area contributed by atoms with Crippen LogP contribution in [0.1, 0.15) is 5.56 Å². The number of hydrazine groups is 1. The maximum atomic E-state index is 4.40. The van der Waals surface area contributed by atoms with Crippen molar-refractivity contribution in [2.24, 2.45) is 15.2 Å². The fraction of sp³-hybridized carbons (Fsp3) is 0.385. The highest BCUT2D eigenvalue weighted by molar-refractivity contribution is 14.2. The largest absolute Gasteiger partial charge is 0.377 e. The van der Waals surface area contributed by atoms with Crippen LogP contribution in [0, 0.1) is 6.92 Å². The van der Waals surface area contributed by atoms with Crippen molar-refractivity contribution in [1.29, 1.82) is 0 Å². The normalized spacial score (nSPS) is 18.3. The molecule has 0 fully saturated rings. The summed E-state index contributed by atoms with van der Waals surface area (Å²) in [6.07, 6.45) is 0. The molecule has 1 heterocycles. The number of rotatable bonds is 3. The number of anilines is 1. The van der Waals surface area contributed by atoms with Crippen molar-refractivity contribution >= 4 is 52.3 Å². The van der Waals surface area contributed by atoms with Crippen LogP contribution < -0.4 is 10.3 Å². The molecule has 1 aromatic rings. The molecule has 0 unspecified atom stereocenters. The molecule has 0 aromatic heterocycles. The number of nitrogens with one attached hydrogen (secondary N) is 1. The molecule has 1 aliphatic heterocycles. The standard InChI is InChI=1S/C13H19IN6S/c1-9-8-10(6-7-11(9)19(3)4)16-17-12-14-20(5)18-13(15-2)21-12/h6-8H,1-5H3,(H,15,18). The van der Waals surface area contributed by atoms with Crippen molar-refractivity contribution in [1.82, 2.24) is 8.65 Å². The highest BCUT2D eigenvalue weighted by atomic mass is 127. The number of benzene rings is 1.